The van der Waals surface area contributed by atoms with E-state index >= 15 is 0 Å². The molecule has 0 spiro atoms. The summed E-state index contributed by atoms with van der Waals surface area (Å²) in [5.41, 5.74) is 0. The van der Waals surface area contributed by atoms with E-state index in [1.165, 1.54) is 12.8 Å². The highest BCUT2D eigenvalue weighted by atomic mass is 16.1. The van der Waals surface area contributed by atoms with Gasteiger partial charge in [0, 0.05) is 6.42 Å². The fraction of sp³-hybridized carbons (Fsp3) is 0.875. The van der Waals surface area contributed by atoms with Gasteiger partial charge in [-0.2, -0.15) is 0 Å². The molecule has 0 atom stereocenters. The second kappa shape index (κ2) is 5.80. The first-order valence-electron chi connectivity index (χ1n) is 3.78. The zero-order chi connectivity index (χ0) is 7.11. The molecular weight excluding hydrogens is 112 g/mol. The third-order valence-corrected chi connectivity index (χ3v) is 1.85. The molecule has 0 saturated carbocycles. The minimum absolute atomic E-state index is 0.742. The van der Waals surface area contributed by atoms with Crippen LogP contribution in [-0.2, 0) is 4.79 Å². The van der Waals surface area contributed by atoms with Crippen molar-refractivity contribution in [2.24, 2.45) is 5.92 Å². The molecule has 0 fully saturated rings. The summed E-state index contributed by atoms with van der Waals surface area (Å²) in [4.78, 5) is 9.94. The molecule has 1 nitrogen and oxygen atoms in total. The second-order valence-electron chi connectivity index (χ2n) is 2.43. The van der Waals surface area contributed by atoms with Gasteiger partial charge in [-0.1, -0.05) is 26.7 Å². The van der Waals surface area contributed by atoms with Crippen LogP contribution in [0.2, 0.25) is 0 Å². The molecular formula is C8H16O. The second-order valence-corrected chi connectivity index (χ2v) is 2.43. The molecule has 0 aliphatic rings. The highest BCUT2D eigenvalue weighted by Crippen LogP contribution is 2.12. The number of carbonyl (C=O) groups excluding carboxylic acids is 1. The van der Waals surface area contributed by atoms with Gasteiger partial charge >= 0.3 is 0 Å². The minimum Gasteiger partial charge on any atom is -0.303 e. The van der Waals surface area contributed by atoms with Gasteiger partial charge in [-0.05, 0) is 12.3 Å². The van der Waals surface area contributed by atoms with Gasteiger partial charge in [0.2, 0.25) is 0 Å². The van der Waals surface area contributed by atoms with Gasteiger partial charge < -0.3 is 4.79 Å². The molecule has 0 aromatic carbocycles. The zero-order valence-corrected chi connectivity index (χ0v) is 6.39. The lowest BCUT2D eigenvalue weighted by molar-refractivity contribution is -0.108. The van der Waals surface area contributed by atoms with E-state index < -0.39 is 0 Å². The van der Waals surface area contributed by atoms with Crippen molar-refractivity contribution in [3.8, 4) is 0 Å². The maximum absolute atomic E-state index is 9.94. The third-order valence-electron chi connectivity index (χ3n) is 1.85. The van der Waals surface area contributed by atoms with E-state index in [1.54, 1.807) is 0 Å². The molecule has 0 aromatic heterocycles. The number of hydrogen-bond donors (Lipinski definition) is 0. The molecule has 0 radical (unpaired) electrons. The van der Waals surface area contributed by atoms with Gasteiger partial charge in [0.25, 0.3) is 0 Å². The Morgan fingerprint density at radius 3 is 2.22 bits per heavy atom. The summed E-state index contributed by atoms with van der Waals surface area (Å²) in [6, 6.07) is 0. The van der Waals surface area contributed by atoms with Gasteiger partial charge in [-0.15, -0.1) is 0 Å². The maximum Gasteiger partial charge on any atom is 0.120 e. The molecule has 0 rings (SSSR count). The summed E-state index contributed by atoms with van der Waals surface area (Å²) in [5, 5.41) is 0. The first-order valence-corrected chi connectivity index (χ1v) is 3.78. The van der Waals surface area contributed by atoms with E-state index in [-0.39, 0.29) is 0 Å². The number of aldehydes is 1. The fourth-order valence-corrected chi connectivity index (χ4v) is 1.00. The van der Waals surface area contributed by atoms with Gasteiger partial charge in [-0.25, -0.2) is 0 Å². The Morgan fingerprint density at radius 1 is 1.33 bits per heavy atom. The van der Waals surface area contributed by atoms with Crippen molar-refractivity contribution in [1.82, 2.24) is 0 Å². The first kappa shape index (κ1) is 8.67. The molecule has 0 heterocycles. The topological polar surface area (TPSA) is 17.1 Å². The molecule has 54 valence electrons. The molecule has 0 amide bonds. The average Bonchev–Trinajstić information content (AvgIpc) is 1.91. The van der Waals surface area contributed by atoms with Crippen molar-refractivity contribution in [3.63, 3.8) is 0 Å². The first-order chi connectivity index (χ1) is 4.35. The van der Waals surface area contributed by atoms with Crippen LogP contribution in [0.15, 0.2) is 0 Å². The van der Waals surface area contributed by atoms with E-state index in [0.717, 1.165) is 25.0 Å². The molecule has 0 aliphatic heterocycles. The highest BCUT2D eigenvalue weighted by Gasteiger charge is 2.00. The minimum atomic E-state index is 0.742. The van der Waals surface area contributed by atoms with Crippen molar-refractivity contribution in [3.05, 3.63) is 0 Å². The highest BCUT2D eigenvalue weighted by molar-refractivity contribution is 5.49. The molecule has 0 bridgehead atoms. The van der Waals surface area contributed by atoms with Gasteiger partial charge in [0.1, 0.15) is 6.29 Å². The molecule has 0 saturated heterocycles. The van der Waals surface area contributed by atoms with Crippen LogP contribution in [0.5, 0.6) is 0 Å². The van der Waals surface area contributed by atoms with E-state index in [1.807, 2.05) is 0 Å². The van der Waals surface area contributed by atoms with Crippen molar-refractivity contribution < 1.29 is 4.79 Å². The van der Waals surface area contributed by atoms with Crippen molar-refractivity contribution >= 4 is 6.29 Å². The normalized spacial score (nSPS) is 10.1. The van der Waals surface area contributed by atoms with Crippen molar-refractivity contribution in [2.45, 2.75) is 39.5 Å². The Balaban J connectivity index is 3.19. The van der Waals surface area contributed by atoms with Gasteiger partial charge in [-0.3, -0.25) is 0 Å². The lowest BCUT2D eigenvalue weighted by atomic mass is 9.98. The Labute approximate surface area is 57.5 Å². The van der Waals surface area contributed by atoms with Crippen molar-refractivity contribution in [2.75, 3.05) is 0 Å². The smallest absolute Gasteiger partial charge is 0.120 e. The Hall–Kier alpha value is -0.330. The van der Waals surface area contributed by atoms with Crippen LogP contribution in [0, 0.1) is 5.92 Å². The van der Waals surface area contributed by atoms with Crippen LogP contribution in [0.1, 0.15) is 39.5 Å². The molecule has 0 unspecified atom stereocenters. The fourth-order valence-electron chi connectivity index (χ4n) is 1.00. The third kappa shape index (κ3) is 4.19. The predicted molar refractivity (Wildman–Crippen MR) is 39.4 cm³/mol. The molecule has 0 aliphatic carbocycles. The predicted octanol–water partition coefficient (Wildman–Crippen LogP) is 2.40. The largest absolute Gasteiger partial charge is 0.303 e. The van der Waals surface area contributed by atoms with Gasteiger partial charge in [0.05, 0.1) is 0 Å². The molecule has 0 N–H and O–H groups in total. The van der Waals surface area contributed by atoms with Crippen LogP contribution in [-0.4, -0.2) is 6.29 Å². The number of rotatable bonds is 5. The molecule has 1 heteroatoms. The Morgan fingerprint density at radius 2 is 1.89 bits per heavy atom. The zero-order valence-electron chi connectivity index (χ0n) is 6.39. The molecule has 9 heavy (non-hydrogen) atoms. The summed E-state index contributed by atoms with van der Waals surface area (Å²) < 4.78 is 0. The summed E-state index contributed by atoms with van der Waals surface area (Å²) in [6.07, 6.45) is 5.26. The standard InChI is InChI=1S/C8H16O/c1-3-8(4-2)6-5-7-9/h7-8H,3-6H2,1-2H3. The monoisotopic (exact) mass is 128 g/mol. The quantitative estimate of drug-likeness (QED) is 0.519. The van der Waals surface area contributed by atoms with Crippen LogP contribution in [0.3, 0.4) is 0 Å². The Bertz CT molecular complexity index is 65.0. The summed E-state index contributed by atoms with van der Waals surface area (Å²) >= 11 is 0. The summed E-state index contributed by atoms with van der Waals surface area (Å²) in [7, 11) is 0. The lowest BCUT2D eigenvalue weighted by Crippen LogP contribution is -1.96. The average molecular weight is 128 g/mol. The van der Waals surface area contributed by atoms with Gasteiger partial charge in [0.15, 0.2) is 0 Å². The van der Waals surface area contributed by atoms with E-state index in [4.69, 9.17) is 0 Å². The van der Waals surface area contributed by atoms with Crippen LogP contribution in [0.4, 0.5) is 0 Å². The van der Waals surface area contributed by atoms with Crippen LogP contribution < -0.4 is 0 Å². The van der Waals surface area contributed by atoms with Crippen LogP contribution >= 0.6 is 0 Å². The summed E-state index contributed by atoms with van der Waals surface area (Å²) in [6.45, 7) is 4.36. The van der Waals surface area contributed by atoms with E-state index in [2.05, 4.69) is 13.8 Å². The number of hydrogen-bond acceptors (Lipinski definition) is 1. The van der Waals surface area contributed by atoms with Crippen LogP contribution in [0.25, 0.3) is 0 Å². The van der Waals surface area contributed by atoms with Crippen molar-refractivity contribution in [1.29, 1.82) is 0 Å². The van der Waals surface area contributed by atoms with E-state index in [0.29, 0.717) is 0 Å². The summed E-state index contributed by atoms with van der Waals surface area (Å²) in [5.74, 6) is 0.773. The lowest BCUT2D eigenvalue weighted by Gasteiger charge is -2.07. The molecule has 0 aromatic rings. The van der Waals surface area contributed by atoms with E-state index in [9.17, 15) is 4.79 Å². The SMILES string of the molecule is CCC(CC)CCC=O. The Kier molecular flexibility index (Phi) is 5.59. The maximum atomic E-state index is 9.94. The number of carbonyl (C=O) groups is 1.